The number of carbonyl (C=O) groups excluding carboxylic acids is 2. The lowest BCUT2D eigenvalue weighted by Gasteiger charge is -2.22. The average molecular weight is 353 g/mol. The first-order valence-electron chi connectivity index (χ1n) is 7.95. The number of likely N-dealkylation sites (tertiary alicyclic amines) is 2. The Kier molecular flexibility index (Phi) is 4.96. The Morgan fingerprint density at radius 1 is 1.29 bits per heavy atom. The van der Waals surface area contributed by atoms with Gasteiger partial charge in [-0.05, 0) is 18.2 Å². The minimum absolute atomic E-state index is 0.115. The molecule has 0 aromatic heterocycles. The van der Waals surface area contributed by atoms with Gasteiger partial charge in [0.15, 0.2) is 0 Å². The standard InChI is InChI=1S/C17H21ClN2O4/c1-23-6-5-19-8-11-9-20(10-14(11)17(19)22)16(21)13-7-12(24-2)3-4-15(13)18/h3-4,7,11,14H,5-6,8-10H2,1-2H3/t11-,14+/m1/s1. The van der Waals surface area contributed by atoms with E-state index in [1.807, 2.05) is 4.90 Å². The third kappa shape index (κ3) is 3.08. The average Bonchev–Trinajstić information content (AvgIpc) is 3.12. The molecule has 2 aliphatic rings. The van der Waals surface area contributed by atoms with E-state index in [0.29, 0.717) is 49.1 Å². The SMILES string of the molecule is COCCN1C[C@@H]2CN(C(=O)c3cc(OC)ccc3Cl)C[C@@H]2C1=O. The van der Waals surface area contributed by atoms with E-state index in [2.05, 4.69) is 0 Å². The normalized spacial score (nSPS) is 22.9. The molecule has 0 aliphatic carbocycles. The Balaban J connectivity index is 1.69. The Bertz CT molecular complexity index is 651. The van der Waals surface area contributed by atoms with Crippen LogP contribution in [0.4, 0.5) is 0 Å². The number of benzene rings is 1. The van der Waals surface area contributed by atoms with Crippen molar-refractivity contribution >= 4 is 23.4 Å². The molecule has 2 heterocycles. The third-order valence-electron chi connectivity index (χ3n) is 4.78. The van der Waals surface area contributed by atoms with Crippen LogP contribution in [0.15, 0.2) is 18.2 Å². The largest absolute Gasteiger partial charge is 0.497 e. The van der Waals surface area contributed by atoms with Crippen molar-refractivity contribution in [1.29, 1.82) is 0 Å². The molecule has 130 valence electrons. The van der Waals surface area contributed by atoms with Gasteiger partial charge in [-0.1, -0.05) is 11.6 Å². The van der Waals surface area contributed by atoms with Gasteiger partial charge in [0.05, 0.1) is 30.2 Å². The van der Waals surface area contributed by atoms with Crippen molar-refractivity contribution in [2.75, 3.05) is 47.0 Å². The van der Waals surface area contributed by atoms with Gasteiger partial charge >= 0.3 is 0 Å². The lowest BCUT2D eigenvalue weighted by Crippen LogP contribution is -2.37. The fraction of sp³-hybridized carbons (Fsp3) is 0.529. The maximum absolute atomic E-state index is 12.8. The van der Waals surface area contributed by atoms with Crippen LogP contribution in [0.3, 0.4) is 0 Å². The first kappa shape index (κ1) is 17.0. The highest BCUT2D eigenvalue weighted by Gasteiger charge is 2.47. The molecule has 2 fully saturated rings. The number of nitrogens with zero attached hydrogens (tertiary/aromatic N) is 2. The maximum atomic E-state index is 12.8. The lowest BCUT2D eigenvalue weighted by molar-refractivity contribution is -0.131. The summed E-state index contributed by atoms with van der Waals surface area (Å²) in [7, 11) is 3.17. The molecule has 0 bridgehead atoms. The zero-order valence-corrected chi connectivity index (χ0v) is 14.6. The van der Waals surface area contributed by atoms with Crippen molar-refractivity contribution in [3.8, 4) is 5.75 Å². The molecular weight excluding hydrogens is 332 g/mol. The van der Waals surface area contributed by atoms with Crippen LogP contribution in [0.1, 0.15) is 10.4 Å². The Labute approximate surface area is 146 Å². The summed E-state index contributed by atoms with van der Waals surface area (Å²) in [6, 6.07) is 5.02. The van der Waals surface area contributed by atoms with Gasteiger partial charge in [0, 0.05) is 39.2 Å². The van der Waals surface area contributed by atoms with Gasteiger partial charge in [-0.2, -0.15) is 0 Å². The van der Waals surface area contributed by atoms with Gasteiger partial charge in [-0.25, -0.2) is 0 Å². The van der Waals surface area contributed by atoms with Crippen LogP contribution in [-0.2, 0) is 9.53 Å². The zero-order chi connectivity index (χ0) is 17.3. The first-order valence-corrected chi connectivity index (χ1v) is 8.33. The predicted molar refractivity (Wildman–Crippen MR) is 89.3 cm³/mol. The number of hydrogen-bond acceptors (Lipinski definition) is 4. The van der Waals surface area contributed by atoms with Crippen LogP contribution in [0, 0.1) is 11.8 Å². The topological polar surface area (TPSA) is 59.1 Å². The number of ether oxygens (including phenoxy) is 2. The minimum atomic E-state index is -0.149. The van der Waals surface area contributed by atoms with Crippen LogP contribution in [0.5, 0.6) is 5.75 Å². The molecule has 1 aromatic carbocycles. The van der Waals surface area contributed by atoms with E-state index < -0.39 is 0 Å². The third-order valence-corrected chi connectivity index (χ3v) is 5.11. The summed E-state index contributed by atoms with van der Waals surface area (Å²) < 4.78 is 10.2. The minimum Gasteiger partial charge on any atom is -0.497 e. The molecule has 2 atom stereocenters. The van der Waals surface area contributed by atoms with Gasteiger partial charge in [0.25, 0.3) is 5.91 Å². The Morgan fingerprint density at radius 2 is 2.08 bits per heavy atom. The number of amides is 2. The van der Waals surface area contributed by atoms with Crippen molar-refractivity contribution in [3.05, 3.63) is 28.8 Å². The second-order valence-corrected chi connectivity index (χ2v) is 6.61. The predicted octanol–water partition coefficient (Wildman–Crippen LogP) is 1.53. The number of halogens is 1. The van der Waals surface area contributed by atoms with Crippen molar-refractivity contribution in [1.82, 2.24) is 9.80 Å². The summed E-state index contributed by atoms with van der Waals surface area (Å²) in [5.41, 5.74) is 0.416. The molecule has 1 aromatic rings. The van der Waals surface area contributed by atoms with Crippen LogP contribution in [0.25, 0.3) is 0 Å². The highest BCUT2D eigenvalue weighted by molar-refractivity contribution is 6.33. The number of rotatable bonds is 5. The molecule has 3 rings (SSSR count). The second kappa shape index (κ2) is 6.99. The van der Waals surface area contributed by atoms with Crippen LogP contribution < -0.4 is 4.74 Å². The van der Waals surface area contributed by atoms with E-state index in [1.165, 1.54) is 0 Å². The number of carbonyl (C=O) groups is 2. The molecule has 0 N–H and O–H groups in total. The van der Waals surface area contributed by atoms with E-state index in [0.717, 1.165) is 0 Å². The van der Waals surface area contributed by atoms with Crippen LogP contribution in [-0.4, -0.2) is 68.6 Å². The van der Waals surface area contributed by atoms with Crippen LogP contribution in [0.2, 0.25) is 5.02 Å². The van der Waals surface area contributed by atoms with Crippen molar-refractivity contribution in [2.24, 2.45) is 11.8 Å². The summed E-state index contributed by atoms with van der Waals surface area (Å²) in [6.07, 6.45) is 0. The van der Waals surface area contributed by atoms with E-state index in [9.17, 15) is 9.59 Å². The summed E-state index contributed by atoms with van der Waals surface area (Å²) in [5, 5.41) is 0.394. The highest BCUT2D eigenvalue weighted by Crippen LogP contribution is 2.34. The molecule has 2 amide bonds. The molecule has 0 unspecified atom stereocenters. The molecule has 2 saturated heterocycles. The zero-order valence-electron chi connectivity index (χ0n) is 13.8. The number of hydrogen-bond donors (Lipinski definition) is 0. The molecule has 24 heavy (non-hydrogen) atoms. The number of methoxy groups -OCH3 is 2. The van der Waals surface area contributed by atoms with E-state index in [1.54, 1.807) is 37.3 Å². The lowest BCUT2D eigenvalue weighted by atomic mass is 10.0. The molecular formula is C17H21ClN2O4. The maximum Gasteiger partial charge on any atom is 0.255 e. The second-order valence-electron chi connectivity index (χ2n) is 6.20. The summed E-state index contributed by atoms with van der Waals surface area (Å²) in [5.74, 6) is 0.621. The fourth-order valence-corrected chi connectivity index (χ4v) is 3.68. The Hall–Kier alpha value is -1.79. The van der Waals surface area contributed by atoms with Gasteiger partial charge < -0.3 is 19.3 Å². The summed E-state index contributed by atoms with van der Waals surface area (Å²) in [4.78, 5) is 28.8. The molecule has 6 nitrogen and oxygen atoms in total. The fourth-order valence-electron chi connectivity index (χ4n) is 3.48. The first-order chi connectivity index (χ1) is 11.5. The van der Waals surface area contributed by atoms with E-state index in [-0.39, 0.29) is 23.7 Å². The van der Waals surface area contributed by atoms with Gasteiger partial charge in [0.2, 0.25) is 5.91 Å². The van der Waals surface area contributed by atoms with Gasteiger partial charge in [-0.15, -0.1) is 0 Å². The van der Waals surface area contributed by atoms with E-state index >= 15 is 0 Å². The number of fused-ring (bicyclic) bond motifs is 1. The monoisotopic (exact) mass is 352 g/mol. The Morgan fingerprint density at radius 3 is 2.75 bits per heavy atom. The summed E-state index contributed by atoms with van der Waals surface area (Å²) in [6.45, 7) is 2.85. The smallest absolute Gasteiger partial charge is 0.255 e. The molecule has 0 radical (unpaired) electrons. The van der Waals surface area contributed by atoms with Crippen LogP contribution >= 0.6 is 11.6 Å². The van der Waals surface area contributed by atoms with Crippen molar-refractivity contribution in [3.63, 3.8) is 0 Å². The summed E-state index contributed by atoms with van der Waals surface area (Å²) >= 11 is 6.16. The van der Waals surface area contributed by atoms with Crippen molar-refractivity contribution in [2.45, 2.75) is 0 Å². The molecule has 0 saturated carbocycles. The quantitative estimate of drug-likeness (QED) is 0.806. The molecule has 0 spiro atoms. The van der Waals surface area contributed by atoms with Gasteiger partial charge in [0.1, 0.15) is 5.75 Å². The molecule has 2 aliphatic heterocycles. The highest BCUT2D eigenvalue weighted by atomic mass is 35.5. The van der Waals surface area contributed by atoms with Gasteiger partial charge in [-0.3, -0.25) is 9.59 Å². The van der Waals surface area contributed by atoms with E-state index in [4.69, 9.17) is 21.1 Å². The van der Waals surface area contributed by atoms with Crippen molar-refractivity contribution < 1.29 is 19.1 Å². The molecule has 7 heteroatoms.